The van der Waals surface area contributed by atoms with Gasteiger partial charge in [0.1, 0.15) is 11.8 Å². The normalized spacial score (nSPS) is 26.9. The number of rotatable bonds is 2. The van der Waals surface area contributed by atoms with E-state index < -0.39 is 0 Å². The second kappa shape index (κ2) is 2.94. The van der Waals surface area contributed by atoms with Crippen LogP contribution in [0.5, 0.6) is 5.88 Å². The highest BCUT2D eigenvalue weighted by atomic mass is 16.5. The molecule has 4 nitrogen and oxygen atoms in total. The largest absolute Gasteiger partial charge is 0.472 e. The highest BCUT2D eigenvalue weighted by Crippen LogP contribution is 2.32. The van der Waals surface area contributed by atoms with Crippen LogP contribution in [-0.2, 0) is 7.05 Å². The molecule has 0 aromatic carbocycles. The number of aryl methyl sites for hydroxylation is 1. The van der Waals surface area contributed by atoms with E-state index in [4.69, 9.17) is 10.5 Å². The van der Waals surface area contributed by atoms with Crippen molar-refractivity contribution >= 4 is 5.69 Å². The van der Waals surface area contributed by atoms with Crippen molar-refractivity contribution < 1.29 is 4.74 Å². The highest BCUT2D eigenvalue weighted by molar-refractivity contribution is 5.45. The first-order valence-corrected chi connectivity index (χ1v) is 4.62. The van der Waals surface area contributed by atoms with Crippen LogP contribution in [0.1, 0.15) is 19.8 Å². The van der Waals surface area contributed by atoms with Crippen LogP contribution in [0.25, 0.3) is 0 Å². The molecule has 1 saturated carbocycles. The molecule has 0 bridgehead atoms. The fourth-order valence-corrected chi connectivity index (χ4v) is 1.53. The molecule has 2 atom stereocenters. The Bertz CT molecular complexity index is 308. The highest BCUT2D eigenvalue weighted by Gasteiger charge is 2.29. The summed E-state index contributed by atoms with van der Waals surface area (Å²) in [6, 6.07) is 0. The van der Waals surface area contributed by atoms with E-state index in [1.807, 2.05) is 7.05 Å². The van der Waals surface area contributed by atoms with Crippen molar-refractivity contribution in [1.82, 2.24) is 9.78 Å². The minimum absolute atomic E-state index is 0.317. The van der Waals surface area contributed by atoms with Gasteiger partial charge in [0.2, 0.25) is 0 Å². The van der Waals surface area contributed by atoms with Crippen LogP contribution in [0.4, 0.5) is 5.69 Å². The maximum Gasteiger partial charge on any atom is 0.256 e. The van der Waals surface area contributed by atoms with Crippen LogP contribution in [-0.4, -0.2) is 15.9 Å². The Balaban J connectivity index is 2.04. The van der Waals surface area contributed by atoms with Crippen molar-refractivity contribution in [3.05, 3.63) is 6.20 Å². The van der Waals surface area contributed by atoms with E-state index in [2.05, 4.69) is 12.0 Å². The second-order valence-electron chi connectivity index (χ2n) is 3.77. The molecule has 4 heteroatoms. The van der Waals surface area contributed by atoms with Crippen molar-refractivity contribution in [3.8, 4) is 5.88 Å². The third-order valence-corrected chi connectivity index (χ3v) is 2.63. The molecule has 0 aliphatic heterocycles. The van der Waals surface area contributed by atoms with E-state index in [0.29, 0.717) is 23.6 Å². The lowest BCUT2D eigenvalue weighted by Crippen LogP contribution is -2.34. The predicted octanol–water partition coefficient (Wildman–Crippen LogP) is 1.18. The topological polar surface area (TPSA) is 53.1 Å². The van der Waals surface area contributed by atoms with Gasteiger partial charge in [-0.2, -0.15) is 0 Å². The standard InChI is InChI=1S/C9H15N3O/c1-6-3-4-8(6)13-9-7(10)5-12(2)11-9/h5-6,8H,3-4,10H2,1-2H3. The first kappa shape index (κ1) is 8.41. The number of hydrogen-bond acceptors (Lipinski definition) is 3. The first-order chi connectivity index (χ1) is 6.16. The third-order valence-electron chi connectivity index (χ3n) is 2.63. The molecule has 72 valence electrons. The van der Waals surface area contributed by atoms with Gasteiger partial charge in [0.15, 0.2) is 0 Å². The van der Waals surface area contributed by atoms with Crippen LogP contribution in [0.3, 0.4) is 0 Å². The minimum Gasteiger partial charge on any atom is -0.472 e. The van der Waals surface area contributed by atoms with Crippen molar-refractivity contribution in [2.75, 3.05) is 5.73 Å². The van der Waals surface area contributed by atoms with Crippen molar-refractivity contribution in [2.24, 2.45) is 13.0 Å². The lowest BCUT2D eigenvalue weighted by molar-refractivity contribution is 0.0536. The lowest BCUT2D eigenvalue weighted by atomic mass is 9.84. The molecule has 2 N–H and O–H groups in total. The molecule has 2 unspecified atom stereocenters. The molecule has 13 heavy (non-hydrogen) atoms. The maximum absolute atomic E-state index is 5.71. The summed E-state index contributed by atoms with van der Waals surface area (Å²) in [6.45, 7) is 2.19. The van der Waals surface area contributed by atoms with Gasteiger partial charge in [0.05, 0.1) is 6.20 Å². The molecule has 1 fully saturated rings. The predicted molar refractivity (Wildman–Crippen MR) is 50.4 cm³/mol. The van der Waals surface area contributed by atoms with Crippen LogP contribution >= 0.6 is 0 Å². The number of nitrogens with zero attached hydrogens (tertiary/aromatic N) is 2. The number of nitrogens with two attached hydrogens (primary N) is 1. The SMILES string of the molecule is CC1CCC1Oc1nn(C)cc1N. The smallest absolute Gasteiger partial charge is 0.256 e. The second-order valence-corrected chi connectivity index (χ2v) is 3.77. The van der Waals surface area contributed by atoms with Gasteiger partial charge in [-0.25, -0.2) is 0 Å². The lowest BCUT2D eigenvalue weighted by Gasteiger charge is -2.33. The van der Waals surface area contributed by atoms with Gasteiger partial charge >= 0.3 is 0 Å². The van der Waals surface area contributed by atoms with E-state index >= 15 is 0 Å². The monoisotopic (exact) mass is 181 g/mol. The zero-order chi connectivity index (χ0) is 9.42. The number of ether oxygens (including phenoxy) is 1. The van der Waals surface area contributed by atoms with Gasteiger partial charge in [0.25, 0.3) is 5.88 Å². The van der Waals surface area contributed by atoms with Gasteiger partial charge in [-0.05, 0) is 18.8 Å². The summed E-state index contributed by atoms with van der Waals surface area (Å²) in [5, 5.41) is 4.14. The molecule has 1 aromatic heterocycles. The molecule has 0 saturated heterocycles. The summed E-state index contributed by atoms with van der Waals surface area (Å²) in [4.78, 5) is 0. The first-order valence-electron chi connectivity index (χ1n) is 4.62. The Morgan fingerprint density at radius 3 is 2.77 bits per heavy atom. The van der Waals surface area contributed by atoms with Gasteiger partial charge in [-0.3, -0.25) is 4.68 Å². The molecule has 1 aliphatic rings. The molecule has 1 aromatic rings. The Kier molecular flexibility index (Phi) is 1.90. The van der Waals surface area contributed by atoms with E-state index in [1.54, 1.807) is 10.9 Å². The van der Waals surface area contributed by atoms with Crippen LogP contribution in [0, 0.1) is 5.92 Å². The Hall–Kier alpha value is -1.19. The molecular weight excluding hydrogens is 166 g/mol. The fourth-order valence-electron chi connectivity index (χ4n) is 1.53. The molecule has 0 spiro atoms. The Morgan fingerprint density at radius 2 is 2.38 bits per heavy atom. The molecule has 1 aliphatic carbocycles. The Morgan fingerprint density at radius 1 is 1.62 bits per heavy atom. The van der Waals surface area contributed by atoms with Crippen LogP contribution in [0.2, 0.25) is 0 Å². The molecular formula is C9H15N3O. The van der Waals surface area contributed by atoms with E-state index in [0.717, 1.165) is 6.42 Å². The maximum atomic E-state index is 5.71. The number of hydrogen-bond donors (Lipinski definition) is 1. The summed E-state index contributed by atoms with van der Waals surface area (Å²) in [7, 11) is 1.84. The summed E-state index contributed by atoms with van der Waals surface area (Å²) in [6.07, 6.45) is 4.45. The number of anilines is 1. The van der Waals surface area contributed by atoms with E-state index in [-0.39, 0.29) is 0 Å². The van der Waals surface area contributed by atoms with Gasteiger partial charge in [-0.15, -0.1) is 5.10 Å². The van der Waals surface area contributed by atoms with E-state index in [1.165, 1.54) is 6.42 Å². The summed E-state index contributed by atoms with van der Waals surface area (Å²) in [5.74, 6) is 1.22. The summed E-state index contributed by atoms with van der Waals surface area (Å²) < 4.78 is 7.33. The van der Waals surface area contributed by atoms with Crippen molar-refractivity contribution in [3.63, 3.8) is 0 Å². The van der Waals surface area contributed by atoms with Gasteiger partial charge < -0.3 is 10.5 Å². The molecule has 2 rings (SSSR count). The Labute approximate surface area is 77.7 Å². The zero-order valence-corrected chi connectivity index (χ0v) is 8.03. The number of aromatic nitrogens is 2. The van der Waals surface area contributed by atoms with Gasteiger partial charge in [-0.1, -0.05) is 6.92 Å². The fraction of sp³-hybridized carbons (Fsp3) is 0.667. The zero-order valence-electron chi connectivity index (χ0n) is 8.03. The molecule has 0 amide bonds. The summed E-state index contributed by atoms with van der Waals surface area (Å²) >= 11 is 0. The third kappa shape index (κ3) is 1.48. The minimum atomic E-state index is 0.317. The van der Waals surface area contributed by atoms with Crippen LogP contribution < -0.4 is 10.5 Å². The molecule has 1 heterocycles. The van der Waals surface area contributed by atoms with Crippen molar-refractivity contribution in [2.45, 2.75) is 25.9 Å². The van der Waals surface area contributed by atoms with Crippen LogP contribution in [0.15, 0.2) is 6.20 Å². The average Bonchev–Trinajstić information content (AvgIpc) is 2.38. The average molecular weight is 181 g/mol. The number of nitrogen functional groups attached to an aromatic ring is 1. The van der Waals surface area contributed by atoms with Crippen molar-refractivity contribution in [1.29, 1.82) is 0 Å². The summed E-state index contributed by atoms with van der Waals surface area (Å²) in [5.41, 5.74) is 6.33. The van der Waals surface area contributed by atoms with E-state index in [9.17, 15) is 0 Å². The quantitative estimate of drug-likeness (QED) is 0.745. The van der Waals surface area contributed by atoms with Gasteiger partial charge in [0, 0.05) is 7.05 Å². The molecule has 0 radical (unpaired) electrons.